The molecule has 24 heavy (non-hydrogen) atoms. The Kier molecular flexibility index (Phi) is 3.54. The molecule has 2 aromatic heterocycles. The van der Waals surface area contributed by atoms with Gasteiger partial charge in [0, 0.05) is 24.6 Å². The summed E-state index contributed by atoms with van der Waals surface area (Å²) in [6.07, 6.45) is 1.65. The van der Waals surface area contributed by atoms with Gasteiger partial charge in [-0.15, -0.1) is 10.2 Å². The summed E-state index contributed by atoms with van der Waals surface area (Å²) in [5, 5.41) is 9.74. The lowest BCUT2D eigenvalue weighted by Crippen LogP contribution is -2.28. The summed E-state index contributed by atoms with van der Waals surface area (Å²) in [4.78, 5) is 14.0. The van der Waals surface area contributed by atoms with Crippen LogP contribution >= 0.6 is 11.6 Å². The maximum Gasteiger partial charge on any atom is 0.249 e. The zero-order valence-corrected chi connectivity index (χ0v) is 14.0. The highest BCUT2D eigenvalue weighted by Gasteiger charge is 2.29. The number of methoxy groups -OCH3 is 2. The topological polar surface area (TPSA) is 69.0 Å². The molecule has 0 aliphatic carbocycles. The number of amides is 1. The summed E-state index contributed by atoms with van der Waals surface area (Å²) in [5.41, 5.74) is 3.67. The van der Waals surface area contributed by atoms with Crippen LogP contribution in [0.25, 0.3) is 16.6 Å². The third-order valence-electron chi connectivity index (χ3n) is 4.36. The predicted molar refractivity (Wildman–Crippen MR) is 88.2 cm³/mol. The van der Waals surface area contributed by atoms with Gasteiger partial charge >= 0.3 is 0 Å². The molecule has 0 bridgehead atoms. The minimum Gasteiger partial charge on any atom is -0.495 e. The van der Waals surface area contributed by atoms with E-state index < -0.39 is 0 Å². The second kappa shape index (κ2) is 5.61. The smallest absolute Gasteiger partial charge is 0.249 e. The van der Waals surface area contributed by atoms with Crippen LogP contribution in [0.5, 0.6) is 5.75 Å². The fourth-order valence-corrected chi connectivity index (χ4v) is 3.47. The summed E-state index contributed by atoms with van der Waals surface area (Å²) < 4.78 is 12.2. The zero-order valence-electron chi connectivity index (χ0n) is 13.2. The molecule has 3 heterocycles. The number of aromatic nitrogens is 3. The van der Waals surface area contributed by atoms with Crippen molar-refractivity contribution in [3.05, 3.63) is 34.6 Å². The van der Waals surface area contributed by atoms with E-state index in [1.807, 2.05) is 16.5 Å². The van der Waals surface area contributed by atoms with Crippen molar-refractivity contribution in [3.8, 4) is 5.75 Å². The number of hydrogen-bond donors (Lipinski definition) is 0. The van der Waals surface area contributed by atoms with E-state index in [0.717, 1.165) is 27.7 Å². The van der Waals surface area contributed by atoms with E-state index in [9.17, 15) is 4.79 Å². The molecule has 4 rings (SSSR count). The standard InChI is InChI=1S/C16H15ClN4O3/c1-23-7-15(22)20-5-10-9-3-14(24-2)12(17)4-13(9)21-8-18-19-16(21)11(10)6-20/h3-4,8H,5-7H2,1-2H3. The van der Waals surface area contributed by atoms with E-state index in [2.05, 4.69) is 10.2 Å². The number of fused-ring (bicyclic) bond motifs is 6. The average molecular weight is 347 g/mol. The molecular formula is C16H15ClN4O3. The van der Waals surface area contributed by atoms with Gasteiger partial charge in [0.05, 0.1) is 24.2 Å². The second-order valence-electron chi connectivity index (χ2n) is 5.67. The summed E-state index contributed by atoms with van der Waals surface area (Å²) in [7, 11) is 3.10. The highest BCUT2D eigenvalue weighted by atomic mass is 35.5. The summed E-state index contributed by atoms with van der Waals surface area (Å²) in [6.45, 7) is 1.05. The molecule has 0 saturated heterocycles. The third kappa shape index (κ3) is 2.12. The van der Waals surface area contributed by atoms with Crippen LogP contribution < -0.4 is 4.74 Å². The van der Waals surface area contributed by atoms with Crippen LogP contribution in [0.15, 0.2) is 18.5 Å². The third-order valence-corrected chi connectivity index (χ3v) is 4.65. The largest absolute Gasteiger partial charge is 0.495 e. The molecule has 7 nitrogen and oxygen atoms in total. The van der Waals surface area contributed by atoms with E-state index in [1.54, 1.807) is 18.3 Å². The zero-order chi connectivity index (χ0) is 16.8. The van der Waals surface area contributed by atoms with Crippen LogP contribution in [0.1, 0.15) is 11.1 Å². The van der Waals surface area contributed by atoms with E-state index in [4.69, 9.17) is 21.1 Å². The van der Waals surface area contributed by atoms with Crippen LogP contribution in [0.4, 0.5) is 0 Å². The van der Waals surface area contributed by atoms with Gasteiger partial charge in [-0.2, -0.15) is 0 Å². The van der Waals surface area contributed by atoms with Crippen molar-refractivity contribution >= 4 is 34.1 Å². The van der Waals surface area contributed by atoms with Gasteiger partial charge in [0.1, 0.15) is 18.7 Å². The maximum absolute atomic E-state index is 12.2. The number of carbonyl (C=O) groups excluding carboxylic acids is 1. The molecule has 1 amide bonds. The molecule has 0 N–H and O–H groups in total. The van der Waals surface area contributed by atoms with Gasteiger partial charge in [0.2, 0.25) is 5.91 Å². The van der Waals surface area contributed by atoms with Gasteiger partial charge in [-0.05, 0) is 17.7 Å². The van der Waals surface area contributed by atoms with Gasteiger partial charge < -0.3 is 14.4 Å². The van der Waals surface area contributed by atoms with Crippen LogP contribution in [-0.2, 0) is 22.6 Å². The lowest BCUT2D eigenvalue weighted by atomic mass is 10.0. The van der Waals surface area contributed by atoms with Crippen LogP contribution in [0, 0.1) is 0 Å². The molecule has 1 aromatic carbocycles. The fraction of sp³-hybridized carbons (Fsp3) is 0.312. The minimum absolute atomic E-state index is 0.0551. The van der Waals surface area contributed by atoms with E-state index in [-0.39, 0.29) is 12.5 Å². The van der Waals surface area contributed by atoms with Gasteiger partial charge in [0.25, 0.3) is 0 Å². The van der Waals surface area contributed by atoms with E-state index in [0.29, 0.717) is 23.9 Å². The molecule has 1 aliphatic rings. The van der Waals surface area contributed by atoms with Crippen molar-refractivity contribution in [2.24, 2.45) is 0 Å². The molecule has 3 aromatic rings. The first-order chi connectivity index (χ1) is 11.6. The number of hydrogen-bond acceptors (Lipinski definition) is 5. The molecule has 0 spiro atoms. The van der Waals surface area contributed by atoms with E-state index in [1.165, 1.54) is 7.11 Å². The first kappa shape index (κ1) is 15.2. The number of halogens is 1. The predicted octanol–water partition coefficient (Wildman–Crippen LogP) is 2.03. The highest BCUT2D eigenvalue weighted by Crippen LogP contribution is 2.37. The summed E-state index contributed by atoms with van der Waals surface area (Å²) in [5.74, 6) is 0.543. The molecular weight excluding hydrogens is 332 g/mol. The van der Waals surface area contributed by atoms with Crippen molar-refractivity contribution < 1.29 is 14.3 Å². The lowest BCUT2D eigenvalue weighted by Gasteiger charge is -2.14. The average Bonchev–Trinajstić information content (AvgIpc) is 3.21. The molecule has 0 fully saturated rings. The van der Waals surface area contributed by atoms with E-state index >= 15 is 0 Å². The molecule has 0 saturated carbocycles. The van der Waals surface area contributed by atoms with Crippen molar-refractivity contribution in [2.75, 3.05) is 20.8 Å². The fourth-order valence-electron chi connectivity index (χ4n) is 3.23. The maximum atomic E-state index is 12.2. The number of ether oxygens (including phenoxy) is 2. The van der Waals surface area contributed by atoms with Gasteiger partial charge in [-0.25, -0.2) is 0 Å². The number of rotatable bonds is 3. The Morgan fingerprint density at radius 3 is 2.83 bits per heavy atom. The number of carbonyl (C=O) groups is 1. The van der Waals surface area contributed by atoms with Gasteiger partial charge in [0.15, 0.2) is 5.65 Å². The first-order valence-corrected chi connectivity index (χ1v) is 7.79. The normalized spacial score (nSPS) is 13.7. The lowest BCUT2D eigenvalue weighted by molar-refractivity contribution is -0.135. The van der Waals surface area contributed by atoms with Crippen molar-refractivity contribution in [1.29, 1.82) is 0 Å². The van der Waals surface area contributed by atoms with Crippen LogP contribution in [0.3, 0.4) is 0 Å². The SMILES string of the molecule is COCC(=O)N1Cc2c(c3nncn3c3cc(Cl)c(OC)cc23)C1. The number of pyridine rings is 1. The van der Waals surface area contributed by atoms with Gasteiger partial charge in [-0.1, -0.05) is 11.6 Å². The molecule has 0 radical (unpaired) electrons. The van der Waals surface area contributed by atoms with Gasteiger partial charge in [-0.3, -0.25) is 9.20 Å². The Bertz CT molecular complexity index is 969. The Balaban J connectivity index is 1.96. The Labute approximate surface area is 142 Å². The quantitative estimate of drug-likeness (QED) is 0.726. The monoisotopic (exact) mass is 346 g/mol. The van der Waals surface area contributed by atoms with Crippen LogP contribution in [-0.4, -0.2) is 46.2 Å². The Morgan fingerprint density at radius 2 is 2.08 bits per heavy atom. The van der Waals surface area contributed by atoms with Crippen molar-refractivity contribution in [2.45, 2.75) is 13.1 Å². The number of nitrogens with zero attached hydrogens (tertiary/aromatic N) is 4. The molecule has 1 aliphatic heterocycles. The molecule has 0 unspecified atom stereocenters. The van der Waals surface area contributed by atoms with Crippen molar-refractivity contribution in [1.82, 2.24) is 19.5 Å². The second-order valence-corrected chi connectivity index (χ2v) is 6.08. The molecule has 0 atom stereocenters. The molecule has 124 valence electrons. The van der Waals surface area contributed by atoms with Crippen molar-refractivity contribution in [3.63, 3.8) is 0 Å². The Hall–Kier alpha value is -2.38. The number of benzene rings is 1. The summed E-state index contributed by atoms with van der Waals surface area (Å²) in [6, 6.07) is 3.74. The summed E-state index contributed by atoms with van der Waals surface area (Å²) >= 11 is 6.28. The molecule has 8 heteroatoms. The minimum atomic E-state index is -0.0551. The highest BCUT2D eigenvalue weighted by molar-refractivity contribution is 6.32. The van der Waals surface area contributed by atoms with Crippen LogP contribution in [0.2, 0.25) is 5.02 Å². The first-order valence-electron chi connectivity index (χ1n) is 7.41. The Morgan fingerprint density at radius 1 is 1.29 bits per heavy atom.